The van der Waals surface area contributed by atoms with E-state index in [4.69, 9.17) is 0 Å². The Labute approximate surface area is 140 Å². The third-order valence-corrected chi connectivity index (χ3v) is 4.97. The van der Waals surface area contributed by atoms with Gasteiger partial charge in [0.05, 0.1) is 18.5 Å². The highest BCUT2D eigenvalue weighted by atomic mass is 19.1. The van der Waals surface area contributed by atoms with Crippen molar-refractivity contribution in [1.29, 1.82) is 0 Å². The first-order valence-corrected chi connectivity index (χ1v) is 8.30. The van der Waals surface area contributed by atoms with Crippen LogP contribution in [0.3, 0.4) is 0 Å². The van der Waals surface area contributed by atoms with Crippen molar-refractivity contribution in [3.63, 3.8) is 0 Å². The summed E-state index contributed by atoms with van der Waals surface area (Å²) in [5, 5.41) is 0. The average Bonchev–Trinajstić information content (AvgIpc) is 3.19. The van der Waals surface area contributed by atoms with Crippen LogP contribution in [0.4, 0.5) is 10.3 Å². The molecule has 1 amide bonds. The molecule has 0 aliphatic carbocycles. The van der Waals surface area contributed by atoms with Crippen molar-refractivity contribution in [3.05, 3.63) is 54.1 Å². The molecule has 6 heteroatoms. The number of rotatable bonds is 3. The van der Waals surface area contributed by atoms with Gasteiger partial charge in [0.1, 0.15) is 5.82 Å². The Balaban J connectivity index is 1.45. The molecule has 5 nitrogen and oxygen atoms in total. The van der Waals surface area contributed by atoms with E-state index in [-0.39, 0.29) is 17.8 Å². The molecule has 0 spiro atoms. The van der Waals surface area contributed by atoms with Gasteiger partial charge in [-0.25, -0.2) is 14.4 Å². The van der Waals surface area contributed by atoms with E-state index < -0.39 is 0 Å². The molecule has 4 rings (SSSR count). The number of benzene rings is 1. The van der Waals surface area contributed by atoms with Gasteiger partial charge in [0.2, 0.25) is 11.9 Å². The fourth-order valence-electron chi connectivity index (χ4n) is 3.86. The zero-order chi connectivity index (χ0) is 16.5. The molecule has 2 aliphatic heterocycles. The van der Waals surface area contributed by atoms with E-state index in [0.717, 1.165) is 37.4 Å². The van der Waals surface area contributed by atoms with Crippen LogP contribution in [0.2, 0.25) is 0 Å². The Kier molecular flexibility index (Phi) is 3.88. The van der Waals surface area contributed by atoms with Gasteiger partial charge < -0.3 is 9.80 Å². The molecule has 2 aromatic rings. The highest BCUT2D eigenvalue weighted by Crippen LogP contribution is 2.33. The van der Waals surface area contributed by atoms with Gasteiger partial charge in [0.25, 0.3) is 0 Å². The van der Waals surface area contributed by atoms with Crippen molar-refractivity contribution in [3.8, 4) is 0 Å². The second-order valence-electron chi connectivity index (χ2n) is 6.34. The quantitative estimate of drug-likeness (QED) is 0.866. The second-order valence-corrected chi connectivity index (χ2v) is 6.34. The molecule has 2 saturated heterocycles. The molecule has 24 heavy (non-hydrogen) atoms. The summed E-state index contributed by atoms with van der Waals surface area (Å²) in [5.41, 5.74) is 0.853. The third-order valence-electron chi connectivity index (χ3n) is 4.97. The van der Waals surface area contributed by atoms with Crippen LogP contribution in [0.5, 0.6) is 0 Å². The van der Waals surface area contributed by atoms with Crippen LogP contribution < -0.4 is 4.90 Å². The molecule has 0 unspecified atom stereocenters. The predicted molar refractivity (Wildman–Crippen MR) is 88.0 cm³/mol. The zero-order valence-corrected chi connectivity index (χ0v) is 13.3. The SMILES string of the molecule is O=C(Cc1ccc(F)cc1)N1CC[C@@H]2[C@@H]1CCN2c1ncccn1. The van der Waals surface area contributed by atoms with Crippen LogP contribution in [0.25, 0.3) is 0 Å². The van der Waals surface area contributed by atoms with E-state index in [2.05, 4.69) is 14.9 Å². The lowest BCUT2D eigenvalue weighted by Crippen LogP contribution is -2.40. The van der Waals surface area contributed by atoms with E-state index in [9.17, 15) is 9.18 Å². The number of carbonyl (C=O) groups excluding carboxylic acids is 1. The topological polar surface area (TPSA) is 49.3 Å². The zero-order valence-electron chi connectivity index (χ0n) is 13.3. The Morgan fingerprint density at radius 3 is 2.54 bits per heavy atom. The van der Waals surface area contributed by atoms with E-state index >= 15 is 0 Å². The summed E-state index contributed by atoms with van der Waals surface area (Å²) in [6, 6.07) is 8.49. The maximum Gasteiger partial charge on any atom is 0.227 e. The van der Waals surface area contributed by atoms with E-state index in [1.807, 2.05) is 11.0 Å². The number of hydrogen-bond acceptors (Lipinski definition) is 4. The summed E-state index contributed by atoms with van der Waals surface area (Å²) < 4.78 is 13.0. The van der Waals surface area contributed by atoms with Gasteiger partial charge in [-0.05, 0) is 36.6 Å². The van der Waals surface area contributed by atoms with Crippen molar-refractivity contribution in [2.45, 2.75) is 31.3 Å². The Bertz CT molecular complexity index is 722. The predicted octanol–water partition coefficient (Wildman–Crippen LogP) is 2.04. The lowest BCUT2D eigenvalue weighted by molar-refractivity contribution is -0.131. The molecule has 3 heterocycles. The fourth-order valence-corrected chi connectivity index (χ4v) is 3.86. The number of hydrogen-bond donors (Lipinski definition) is 0. The summed E-state index contributed by atoms with van der Waals surface area (Å²) in [6.07, 6.45) is 5.71. The number of halogens is 1. The molecular weight excluding hydrogens is 307 g/mol. The first-order chi connectivity index (χ1) is 11.7. The molecule has 0 bridgehead atoms. The standard InChI is InChI=1S/C18H19FN4O/c19-14-4-2-13(3-5-14)12-17(24)22-10-6-16-15(22)7-11-23(16)18-20-8-1-9-21-18/h1-5,8-9,15-16H,6-7,10-12H2/t15-,16+/m0/s1. The van der Waals surface area contributed by atoms with Crippen LogP contribution in [0.1, 0.15) is 18.4 Å². The molecular formula is C18H19FN4O. The highest BCUT2D eigenvalue weighted by molar-refractivity contribution is 5.79. The largest absolute Gasteiger partial charge is 0.337 e. The van der Waals surface area contributed by atoms with Crippen LogP contribution in [-0.2, 0) is 11.2 Å². The number of amides is 1. The van der Waals surface area contributed by atoms with Gasteiger partial charge in [-0.3, -0.25) is 4.79 Å². The van der Waals surface area contributed by atoms with Crippen LogP contribution in [0, 0.1) is 5.82 Å². The molecule has 0 N–H and O–H groups in total. The second kappa shape index (κ2) is 6.19. The van der Waals surface area contributed by atoms with Gasteiger partial charge in [-0.2, -0.15) is 0 Å². The molecule has 0 saturated carbocycles. The number of likely N-dealkylation sites (tertiary alicyclic amines) is 1. The number of fused-ring (bicyclic) bond motifs is 1. The van der Waals surface area contributed by atoms with Crippen molar-refractivity contribution in [2.24, 2.45) is 0 Å². The first-order valence-electron chi connectivity index (χ1n) is 8.30. The minimum atomic E-state index is -0.276. The number of anilines is 1. The molecule has 1 aromatic carbocycles. The summed E-state index contributed by atoms with van der Waals surface area (Å²) in [6.45, 7) is 1.64. The molecule has 124 valence electrons. The Morgan fingerprint density at radius 2 is 1.79 bits per heavy atom. The summed E-state index contributed by atoms with van der Waals surface area (Å²) in [7, 11) is 0. The van der Waals surface area contributed by atoms with Crippen molar-refractivity contribution in [1.82, 2.24) is 14.9 Å². The van der Waals surface area contributed by atoms with Crippen LogP contribution >= 0.6 is 0 Å². The molecule has 2 atom stereocenters. The number of carbonyl (C=O) groups is 1. The molecule has 2 aliphatic rings. The molecule has 0 radical (unpaired) electrons. The summed E-state index contributed by atoms with van der Waals surface area (Å²) >= 11 is 0. The first kappa shape index (κ1) is 15.1. The van der Waals surface area contributed by atoms with Gasteiger partial charge >= 0.3 is 0 Å². The summed E-state index contributed by atoms with van der Waals surface area (Å²) in [5.74, 6) is 0.588. The Morgan fingerprint density at radius 1 is 1.08 bits per heavy atom. The van der Waals surface area contributed by atoms with Gasteiger partial charge in [-0.1, -0.05) is 12.1 Å². The van der Waals surface area contributed by atoms with Gasteiger partial charge in [0.15, 0.2) is 0 Å². The van der Waals surface area contributed by atoms with Gasteiger partial charge in [0, 0.05) is 25.5 Å². The van der Waals surface area contributed by atoms with E-state index in [1.165, 1.54) is 12.1 Å². The minimum absolute atomic E-state index is 0.116. The maximum absolute atomic E-state index is 13.0. The molecule has 1 aromatic heterocycles. The highest BCUT2D eigenvalue weighted by Gasteiger charge is 2.44. The normalized spacial score (nSPS) is 22.7. The minimum Gasteiger partial charge on any atom is -0.337 e. The number of aromatic nitrogens is 2. The Hall–Kier alpha value is -2.50. The molecule has 2 fully saturated rings. The fraction of sp³-hybridized carbons (Fsp3) is 0.389. The lowest BCUT2D eigenvalue weighted by atomic mass is 10.1. The number of nitrogens with zero attached hydrogens (tertiary/aromatic N) is 4. The van der Waals surface area contributed by atoms with Crippen LogP contribution in [-0.4, -0.2) is 45.9 Å². The van der Waals surface area contributed by atoms with Gasteiger partial charge in [-0.15, -0.1) is 0 Å². The smallest absolute Gasteiger partial charge is 0.227 e. The average molecular weight is 326 g/mol. The lowest BCUT2D eigenvalue weighted by Gasteiger charge is -2.25. The maximum atomic E-state index is 13.0. The van der Waals surface area contributed by atoms with Crippen LogP contribution in [0.15, 0.2) is 42.7 Å². The van der Waals surface area contributed by atoms with Crippen molar-refractivity contribution in [2.75, 3.05) is 18.0 Å². The monoisotopic (exact) mass is 326 g/mol. The van der Waals surface area contributed by atoms with E-state index in [0.29, 0.717) is 12.5 Å². The van der Waals surface area contributed by atoms with Crippen molar-refractivity contribution >= 4 is 11.9 Å². The van der Waals surface area contributed by atoms with Crippen molar-refractivity contribution < 1.29 is 9.18 Å². The summed E-state index contributed by atoms with van der Waals surface area (Å²) in [4.78, 5) is 25.6. The third kappa shape index (κ3) is 2.72. The van der Waals surface area contributed by atoms with E-state index in [1.54, 1.807) is 24.5 Å².